The molecule has 2 rings (SSSR count). The van der Waals surface area contributed by atoms with Gasteiger partial charge in [0.25, 0.3) is 0 Å². The Hall–Kier alpha value is -0.0500. The first-order valence-corrected chi connectivity index (χ1v) is 6.79. The molecule has 1 N–H and O–H groups in total. The molecule has 1 aromatic rings. The second-order valence-corrected chi connectivity index (χ2v) is 6.40. The zero-order chi connectivity index (χ0) is 10.7. The van der Waals surface area contributed by atoms with Crippen LogP contribution in [0.2, 0.25) is 4.34 Å². The van der Waals surface area contributed by atoms with Crippen molar-refractivity contribution in [2.45, 2.75) is 38.5 Å². The molecule has 1 aliphatic carbocycles. The summed E-state index contributed by atoms with van der Waals surface area (Å²) in [5, 5.41) is 9.58. The number of halogens is 1. The number of aliphatic hydroxyl groups excluding tert-OH is 1. The Labute approximate surface area is 100 Å². The number of hydrogen-bond acceptors (Lipinski definition) is 2. The molecule has 0 spiro atoms. The minimum Gasteiger partial charge on any atom is -0.396 e. The first-order chi connectivity index (χ1) is 7.24. The Morgan fingerprint density at radius 2 is 2.00 bits per heavy atom. The summed E-state index contributed by atoms with van der Waals surface area (Å²) in [6, 6.07) is 4.05. The fraction of sp³-hybridized carbons (Fsp3) is 0.667. The van der Waals surface area contributed by atoms with E-state index in [4.69, 9.17) is 11.6 Å². The standard InChI is InChI=1S/C12H17ClOS/c13-11-5-4-10(15-11)8-12(9-14)6-2-1-3-7-12/h4-5,14H,1-3,6-9H2. The molecular formula is C12H17ClOS. The number of thiophene rings is 1. The van der Waals surface area contributed by atoms with E-state index in [0.29, 0.717) is 6.61 Å². The van der Waals surface area contributed by atoms with Gasteiger partial charge < -0.3 is 5.11 Å². The molecule has 15 heavy (non-hydrogen) atoms. The Bertz CT molecular complexity index is 315. The van der Waals surface area contributed by atoms with Crippen molar-refractivity contribution in [1.82, 2.24) is 0 Å². The Balaban J connectivity index is 2.06. The molecule has 0 bridgehead atoms. The van der Waals surface area contributed by atoms with Gasteiger partial charge in [-0.1, -0.05) is 30.9 Å². The molecule has 84 valence electrons. The maximum atomic E-state index is 9.58. The van der Waals surface area contributed by atoms with Crippen LogP contribution in [0.5, 0.6) is 0 Å². The van der Waals surface area contributed by atoms with Crippen molar-refractivity contribution in [2.75, 3.05) is 6.61 Å². The predicted octanol–water partition coefficient (Wildman–Crippen LogP) is 3.89. The van der Waals surface area contributed by atoms with Crippen LogP contribution < -0.4 is 0 Å². The topological polar surface area (TPSA) is 20.2 Å². The average molecular weight is 245 g/mol. The molecule has 0 amide bonds. The van der Waals surface area contributed by atoms with Crippen molar-refractivity contribution < 1.29 is 5.11 Å². The fourth-order valence-electron chi connectivity index (χ4n) is 2.51. The fourth-order valence-corrected chi connectivity index (χ4v) is 3.77. The van der Waals surface area contributed by atoms with E-state index in [9.17, 15) is 5.11 Å². The zero-order valence-electron chi connectivity index (χ0n) is 8.84. The van der Waals surface area contributed by atoms with Gasteiger partial charge in [-0.3, -0.25) is 0 Å². The van der Waals surface area contributed by atoms with Gasteiger partial charge in [-0.25, -0.2) is 0 Å². The quantitative estimate of drug-likeness (QED) is 0.856. The monoisotopic (exact) mass is 244 g/mol. The lowest BCUT2D eigenvalue weighted by Crippen LogP contribution is -2.30. The molecular weight excluding hydrogens is 228 g/mol. The maximum Gasteiger partial charge on any atom is 0.0931 e. The number of hydrogen-bond donors (Lipinski definition) is 1. The van der Waals surface area contributed by atoms with E-state index in [0.717, 1.165) is 10.8 Å². The van der Waals surface area contributed by atoms with Crippen LogP contribution in [0.15, 0.2) is 12.1 Å². The summed E-state index contributed by atoms with van der Waals surface area (Å²) in [5.41, 5.74) is 0.145. The lowest BCUT2D eigenvalue weighted by atomic mass is 9.72. The molecule has 1 aromatic heterocycles. The van der Waals surface area contributed by atoms with Crippen LogP contribution in [-0.4, -0.2) is 11.7 Å². The SMILES string of the molecule is OCC1(Cc2ccc(Cl)s2)CCCCC1. The van der Waals surface area contributed by atoms with Crippen molar-refractivity contribution >= 4 is 22.9 Å². The molecule has 0 radical (unpaired) electrons. The van der Waals surface area contributed by atoms with E-state index < -0.39 is 0 Å². The molecule has 1 saturated carbocycles. The van der Waals surface area contributed by atoms with Gasteiger partial charge in [-0.05, 0) is 36.8 Å². The molecule has 3 heteroatoms. The lowest BCUT2D eigenvalue weighted by molar-refractivity contribution is 0.0831. The van der Waals surface area contributed by atoms with Gasteiger partial charge in [0.05, 0.1) is 4.34 Å². The highest BCUT2D eigenvalue weighted by Gasteiger charge is 2.31. The Kier molecular flexibility index (Phi) is 3.70. The van der Waals surface area contributed by atoms with Crippen molar-refractivity contribution in [1.29, 1.82) is 0 Å². The Morgan fingerprint density at radius 3 is 2.53 bits per heavy atom. The first-order valence-electron chi connectivity index (χ1n) is 5.59. The van der Waals surface area contributed by atoms with E-state index in [1.807, 2.05) is 6.07 Å². The summed E-state index contributed by atoms with van der Waals surface area (Å²) in [7, 11) is 0. The van der Waals surface area contributed by atoms with Crippen molar-refractivity contribution in [3.8, 4) is 0 Å². The van der Waals surface area contributed by atoms with Gasteiger partial charge in [-0.2, -0.15) is 0 Å². The number of aliphatic hydroxyl groups is 1. The van der Waals surface area contributed by atoms with Gasteiger partial charge in [0.1, 0.15) is 0 Å². The third kappa shape index (κ3) is 2.74. The van der Waals surface area contributed by atoms with E-state index >= 15 is 0 Å². The summed E-state index contributed by atoms with van der Waals surface area (Å²) >= 11 is 7.57. The predicted molar refractivity (Wildman–Crippen MR) is 65.6 cm³/mol. The minimum atomic E-state index is 0.145. The molecule has 1 heterocycles. The van der Waals surface area contributed by atoms with Gasteiger partial charge in [0, 0.05) is 11.5 Å². The smallest absolute Gasteiger partial charge is 0.0931 e. The largest absolute Gasteiger partial charge is 0.396 e. The van der Waals surface area contributed by atoms with Crippen LogP contribution in [0.4, 0.5) is 0 Å². The normalized spacial score (nSPS) is 20.4. The second kappa shape index (κ2) is 4.86. The van der Waals surface area contributed by atoms with Crippen molar-refractivity contribution in [2.24, 2.45) is 5.41 Å². The third-order valence-corrected chi connectivity index (χ3v) is 4.66. The molecule has 0 aliphatic heterocycles. The van der Waals surface area contributed by atoms with Crippen molar-refractivity contribution in [3.63, 3.8) is 0 Å². The Morgan fingerprint density at radius 1 is 1.27 bits per heavy atom. The van der Waals surface area contributed by atoms with Crippen LogP contribution in [0.3, 0.4) is 0 Å². The minimum absolute atomic E-state index is 0.145. The van der Waals surface area contributed by atoms with Crippen LogP contribution in [0.25, 0.3) is 0 Å². The molecule has 0 aromatic carbocycles. The van der Waals surface area contributed by atoms with Crippen molar-refractivity contribution in [3.05, 3.63) is 21.3 Å². The maximum absolute atomic E-state index is 9.58. The summed E-state index contributed by atoms with van der Waals surface area (Å²) in [5.74, 6) is 0. The summed E-state index contributed by atoms with van der Waals surface area (Å²) < 4.78 is 0.855. The van der Waals surface area contributed by atoms with Crippen LogP contribution in [-0.2, 0) is 6.42 Å². The van der Waals surface area contributed by atoms with Gasteiger partial charge >= 0.3 is 0 Å². The number of rotatable bonds is 3. The van der Waals surface area contributed by atoms with E-state index in [-0.39, 0.29) is 5.41 Å². The zero-order valence-corrected chi connectivity index (χ0v) is 10.4. The average Bonchev–Trinajstić information content (AvgIpc) is 2.65. The van der Waals surface area contributed by atoms with E-state index in [2.05, 4.69) is 6.07 Å². The van der Waals surface area contributed by atoms with Gasteiger partial charge in [-0.15, -0.1) is 11.3 Å². The molecule has 1 fully saturated rings. The molecule has 1 aliphatic rings. The molecule has 0 atom stereocenters. The molecule has 1 nitrogen and oxygen atoms in total. The highest BCUT2D eigenvalue weighted by molar-refractivity contribution is 7.16. The van der Waals surface area contributed by atoms with E-state index in [1.54, 1.807) is 11.3 Å². The van der Waals surface area contributed by atoms with Crippen LogP contribution in [0, 0.1) is 5.41 Å². The molecule has 0 unspecified atom stereocenters. The first kappa shape index (κ1) is 11.4. The van der Waals surface area contributed by atoms with Crippen LogP contribution >= 0.6 is 22.9 Å². The lowest BCUT2D eigenvalue weighted by Gasteiger charge is -2.35. The van der Waals surface area contributed by atoms with E-state index in [1.165, 1.54) is 37.0 Å². The molecule has 0 saturated heterocycles. The second-order valence-electron chi connectivity index (χ2n) is 4.60. The van der Waals surface area contributed by atoms with Gasteiger partial charge in [0.2, 0.25) is 0 Å². The third-order valence-electron chi connectivity index (χ3n) is 3.43. The van der Waals surface area contributed by atoms with Gasteiger partial charge in [0.15, 0.2) is 0 Å². The highest BCUT2D eigenvalue weighted by atomic mass is 35.5. The summed E-state index contributed by atoms with van der Waals surface area (Å²) in [6.45, 7) is 0.322. The summed E-state index contributed by atoms with van der Waals surface area (Å²) in [4.78, 5) is 1.32. The summed E-state index contributed by atoms with van der Waals surface area (Å²) in [6.07, 6.45) is 7.19. The van der Waals surface area contributed by atoms with Crippen LogP contribution in [0.1, 0.15) is 37.0 Å². The highest BCUT2D eigenvalue weighted by Crippen LogP contribution is 2.40.